The van der Waals surface area contributed by atoms with Crippen molar-refractivity contribution in [2.45, 2.75) is 6.54 Å². The highest BCUT2D eigenvalue weighted by molar-refractivity contribution is 5.91. The number of hydrogen-bond acceptors (Lipinski definition) is 3. The van der Waals surface area contributed by atoms with Crippen LogP contribution < -0.4 is 5.32 Å². The predicted molar refractivity (Wildman–Crippen MR) is 87.4 cm³/mol. The quantitative estimate of drug-likeness (QED) is 0.756. The van der Waals surface area contributed by atoms with Crippen LogP contribution in [0.25, 0.3) is 10.9 Å². The van der Waals surface area contributed by atoms with Crippen molar-refractivity contribution in [3.8, 4) is 0 Å². The van der Waals surface area contributed by atoms with Gasteiger partial charge in [-0.05, 0) is 29.8 Å². The molecular formula is C18H16N2O3. The molecule has 23 heavy (non-hydrogen) atoms. The molecule has 0 radical (unpaired) electrons. The molecule has 3 aromatic rings. The van der Waals surface area contributed by atoms with Crippen LogP contribution in [0.1, 0.15) is 15.9 Å². The van der Waals surface area contributed by atoms with Crippen molar-refractivity contribution >= 4 is 22.9 Å². The summed E-state index contributed by atoms with van der Waals surface area (Å²) >= 11 is 0. The van der Waals surface area contributed by atoms with E-state index in [0.29, 0.717) is 12.1 Å². The average Bonchev–Trinajstić information content (AvgIpc) is 3.03. The Hall–Kier alpha value is -3.08. The van der Waals surface area contributed by atoms with Crippen molar-refractivity contribution < 1.29 is 14.3 Å². The summed E-state index contributed by atoms with van der Waals surface area (Å²) in [7, 11) is 1.35. The van der Waals surface area contributed by atoms with Crippen molar-refractivity contribution in [3.05, 3.63) is 71.9 Å². The van der Waals surface area contributed by atoms with Crippen LogP contribution in [-0.4, -0.2) is 23.7 Å². The molecular weight excluding hydrogens is 292 g/mol. The highest BCUT2D eigenvalue weighted by Gasteiger charge is 2.08. The zero-order valence-electron chi connectivity index (χ0n) is 12.7. The van der Waals surface area contributed by atoms with Gasteiger partial charge in [0.15, 0.2) is 0 Å². The van der Waals surface area contributed by atoms with Crippen LogP contribution in [0.3, 0.4) is 0 Å². The Morgan fingerprint density at radius 3 is 2.52 bits per heavy atom. The number of esters is 1. The third-order valence-corrected chi connectivity index (χ3v) is 3.64. The zero-order chi connectivity index (χ0) is 16.2. The number of amides is 1. The molecule has 2 aromatic carbocycles. The Kier molecular flexibility index (Phi) is 4.10. The number of ether oxygens (including phenoxy) is 1. The van der Waals surface area contributed by atoms with E-state index in [1.54, 1.807) is 35.0 Å². The zero-order valence-corrected chi connectivity index (χ0v) is 12.7. The summed E-state index contributed by atoms with van der Waals surface area (Å²) in [5, 5.41) is 3.88. The molecule has 0 aliphatic heterocycles. The van der Waals surface area contributed by atoms with E-state index in [9.17, 15) is 9.59 Å². The van der Waals surface area contributed by atoms with Gasteiger partial charge in [-0.25, -0.2) is 9.59 Å². The molecule has 1 N–H and O–H groups in total. The standard InChI is InChI=1S/C18H16N2O3/c1-23-17(21)15-8-6-13(7-9-15)12-19-18(22)20-11-10-14-4-2-3-5-16(14)20/h2-11H,12H2,1H3,(H,19,22). The Labute approximate surface area is 133 Å². The lowest BCUT2D eigenvalue weighted by molar-refractivity contribution is 0.0600. The van der Waals surface area contributed by atoms with Gasteiger partial charge in [0, 0.05) is 18.1 Å². The maximum Gasteiger partial charge on any atom is 0.337 e. The van der Waals surface area contributed by atoms with E-state index in [1.165, 1.54) is 7.11 Å². The number of hydrogen-bond donors (Lipinski definition) is 1. The second kappa shape index (κ2) is 6.36. The molecule has 1 amide bonds. The number of nitrogens with one attached hydrogen (secondary N) is 1. The Morgan fingerprint density at radius 2 is 1.78 bits per heavy atom. The molecule has 0 saturated carbocycles. The fourth-order valence-electron chi connectivity index (χ4n) is 2.40. The van der Waals surface area contributed by atoms with E-state index in [0.717, 1.165) is 16.5 Å². The maximum atomic E-state index is 12.3. The molecule has 1 heterocycles. The summed E-state index contributed by atoms with van der Waals surface area (Å²) in [4.78, 5) is 23.7. The van der Waals surface area contributed by atoms with E-state index in [4.69, 9.17) is 0 Å². The highest BCUT2D eigenvalue weighted by atomic mass is 16.5. The van der Waals surface area contributed by atoms with Gasteiger partial charge < -0.3 is 10.1 Å². The van der Waals surface area contributed by atoms with Gasteiger partial charge in [0.1, 0.15) is 0 Å². The number of aromatic nitrogens is 1. The van der Waals surface area contributed by atoms with Gasteiger partial charge in [-0.15, -0.1) is 0 Å². The molecule has 0 atom stereocenters. The topological polar surface area (TPSA) is 60.3 Å². The summed E-state index contributed by atoms with van der Waals surface area (Å²) in [6, 6.07) is 16.4. The van der Waals surface area contributed by atoms with Gasteiger partial charge >= 0.3 is 12.0 Å². The molecule has 5 heteroatoms. The number of methoxy groups -OCH3 is 1. The number of benzene rings is 2. The molecule has 0 unspecified atom stereocenters. The van der Waals surface area contributed by atoms with Crippen molar-refractivity contribution in [2.75, 3.05) is 7.11 Å². The van der Waals surface area contributed by atoms with Crippen molar-refractivity contribution in [1.29, 1.82) is 0 Å². The van der Waals surface area contributed by atoms with Crippen molar-refractivity contribution in [3.63, 3.8) is 0 Å². The number of carbonyl (C=O) groups is 2. The first kappa shape index (κ1) is 14.8. The van der Waals surface area contributed by atoms with Crippen LogP contribution in [0, 0.1) is 0 Å². The summed E-state index contributed by atoms with van der Waals surface area (Å²) in [5.74, 6) is -0.376. The van der Waals surface area contributed by atoms with Gasteiger partial charge in [0.05, 0.1) is 18.2 Å². The SMILES string of the molecule is COC(=O)c1ccc(CNC(=O)n2ccc3ccccc32)cc1. The highest BCUT2D eigenvalue weighted by Crippen LogP contribution is 2.14. The molecule has 0 fully saturated rings. The maximum absolute atomic E-state index is 12.3. The van der Waals surface area contributed by atoms with Crippen LogP contribution in [0.5, 0.6) is 0 Å². The van der Waals surface area contributed by atoms with E-state index < -0.39 is 0 Å². The summed E-state index contributed by atoms with van der Waals surface area (Å²) in [5.41, 5.74) is 2.26. The van der Waals surface area contributed by atoms with Gasteiger partial charge in [0.25, 0.3) is 0 Å². The molecule has 116 valence electrons. The first-order valence-corrected chi connectivity index (χ1v) is 7.20. The average molecular weight is 308 g/mol. The number of carbonyl (C=O) groups excluding carboxylic acids is 2. The lowest BCUT2D eigenvalue weighted by atomic mass is 10.1. The Bertz CT molecular complexity index is 850. The summed E-state index contributed by atoms with van der Waals surface area (Å²) < 4.78 is 6.23. The molecule has 0 aliphatic rings. The third-order valence-electron chi connectivity index (χ3n) is 3.64. The van der Waals surface area contributed by atoms with Gasteiger partial charge in [0.2, 0.25) is 0 Å². The smallest absolute Gasteiger partial charge is 0.337 e. The molecule has 0 saturated heterocycles. The van der Waals surface area contributed by atoms with E-state index >= 15 is 0 Å². The fraction of sp³-hybridized carbons (Fsp3) is 0.111. The monoisotopic (exact) mass is 308 g/mol. The van der Waals surface area contributed by atoms with E-state index in [1.807, 2.05) is 30.3 Å². The predicted octanol–water partition coefficient (Wildman–Crippen LogP) is 3.19. The first-order chi connectivity index (χ1) is 11.2. The van der Waals surface area contributed by atoms with Crippen LogP contribution >= 0.6 is 0 Å². The van der Waals surface area contributed by atoms with Crippen LogP contribution in [-0.2, 0) is 11.3 Å². The van der Waals surface area contributed by atoms with Crippen LogP contribution in [0.4, 0.5) is 4.79 Å². The molecule has 0 spiro atoms. The molecule has 1 aromatic heterocycles. The second-order valence-electron chi connectivity index (χ2n) is 5.09. The Balaban J connectivity index is 1.68. The van der Waals surface area contributed by atoms with E-state index in [-0.39, 0.29) is 12.0 Å². The minimum Gasteiger partial charge on any atom is -0.465 e. The lowest BCUT2D eigenvalue weighted by Crippen LogP contribution is -2.27. The largest absolute Gasteiger partial charge is 0.465 e. The third kappa shape index (κ3) is 3.08. The number of nitrogens with zero attached hydrogens (tertiary/aromatic N) is 1. The van der Waals surface area contributed by atoms with Gasteiger partial charge in [-0.3, -0.25) is 4.57 Å². The Morgan fingerprint density at radius 1 is 1.04 bits per heavy atom. The normalized spacial score (nSPS) is 10.5. The minimum atomic E-state index is -0.376. The fourth-order valence-corrected chi connectivity index (χ4v) is 2.40. The first-order valence-electron chi connectivity index (χ1n) is 7.20. The lowest BCUT2D eigenvalue weighted by Gasteiger charge is -2.08. The number of fused-ring (bicyclic) bond motifs is 1. The molecule has 0 bridgehead atoms. The summed E-state index contributed by atoms with van der Waals surface area (Å²) in [6.45, 7) is 0.382. The molecule has 3 rings (SSSR count). The minimum absolute atomic E-state index is 0.191. The van der Waals surface area contributed by atoms with Crippen molar-refractivity contribution in [1.82, 2.24) is 9.88 Å². The molecule has 5 nitrogen and oxygen atoms in total. The van der Waals surface area contributed by atoms with Crippen LogP contribution in [0.15, 0.2) is 60.8 Å². The summed E-state index contributed by atoms with van der Waals surface area (Å²) in [6.07, 6.45) is 1.75. The number of rotatable bonds is 3. The molecule has 0 aliphatic carbocycles. The van der Waals surface area contributed by atoms with Crippen LogP contribution in [0.2, 0.25) is 0 Å². The number of para-hydroxylation sites is 1. The van der Waals surface area contributed by atoms with Gasteiger partial charge in [-0.1, -0.05) is 30.3 Å². The van der Waals surface area contributed by atoms with Crippen molar-refractivity contribution in [2.24, 2.45) is 0 Å². The van der Waals surface area contributed by atoms with E-state index in [2.05, 4.69) is 10.1 Å². The second-order valence-corrected chi connectivity index (χ2v) is 5.09. The van der Waals surface area contributed by atoms with Gasteiger partial charge in [-0.2, -0.15) is 0 Å².